The van der Waals surface area contributed by atoms with E-state index in [4.69, 9.17) is 0 Å². The van der Waals surface area contributed by atoms with Gasteiger partial charge in [0.05, 0.1) is 0 Å². The fraction of sp³-hybridized carbons (Fsp3) is 0.417. The van der Waals surface area contributed by atoms with E-state index in [1.807, 2.05) is 19.1 Å². The molecule has 0 amide bonds. The third-order valence-electron chi connectivity index (χ3n) is 3.29. The van der Waals surface area contributed by atoms with Gasteiger partial charge >= 0.3 is 96.4 Å². The Balaban J connectivity index is 3.50. The van der Waals surface area contributed by atoms with Crippen LogP contribution in [0.25, 0.3) is 0 Å². The molecule has 0 N–H and O–H groups in total. The van der Waals surface area contributed by atoms with E-state index in [-0.39, 0.29) is 0 Å². The van der Waals surface area contributed by atoms with Crippen molar-refractivity contribution in [2.24, 2.45) is 0 Å². The quantitative estimate of drug-likeness (QED) is 0.651. The summed E-state index contributed by atoms with van der Waals surface area (Å²) in [6.07, 6.45) is 5.24. The van der Waals surface area contributed by atoms with Gasteiger partial charge in [0.1, 0.15) is 0 Å². The van der Waals surface area contributed by atoms with Crippen molar-refractivity contribution in [3.05, 3.63) is 21.7 Å². The van der Waals surface area contributed by atoms with Gasteiger partial charge in [-0.25, -0.2) is 0 Å². The van der Waals surface area contributed by atoms with Gasteiger partial charge in [-0.3, -0.25) is 0 Å². The first-order valence-electron chi connectivity index (χ1n) is 5.31. The molecule has 0 saturated heterocycles. The van der Waals surface area contributed by atoms with Crippen molar-refractivity contribution in [1.29, 1.82) is 0 Å². The zero-order valence-corrected chi connectivity index (χ0v) is 12.6. The average molecular weight is 393 g/mol. The van der Waals surface area contributed by atoms with Crippen LogP contribution >= 0.6 is 0 Å². The molecule has 1 aliphatic carbocycles. The molecule has 0 fully saturated rings. The Morgan fingerprint density at radius 2 is 1.75 bits per heavy atom. The molecule has 0 atom stereocenters. The maximum atomic E-state index is 11.5. The molecule has 1 rings (SSSR count). The van der Waals surface area contributed by atoms with E-state index in [0.717, 1.165) is 16.0 Å². The Labute approximate surface area is 96.4 Å². The van der Waals surface area contributed by atoms with Crippen LogP contribution < -0.4 is 0 Å². The molecule has 0 radical (unpaired) electrons. The van der Waals surface area contributed by atoms with Crippen molar-refractivity contribution >= 4 is 14.0 Å². The van der Waals surface area contributed by atoms with Crippen LogP contribution in [-0.4, -0.2) is 14.0 Å². The number of carbonyl (C=O) groups is 3. The van der Waals surface area contributed by atoms with Crippen LogP contribution in [0.2, 0.25) is 4.81 Å². The molecule has 0 saturated carbocycles. The molecule has 4 heteroatoms. The molecule has 0 aromatic rings. The first-order chi connectivity index (χ1) is 7.62. The molecule has 0 spiro atoms. The number of rotatable bonds is 6. The predicted octanol–water partition coefficient (Wildman–Crippen LogP) is 2.31. The summed E-state index contributed by atoms with van der Waals surface area (Å²) in [6, 6.07) is 0. The van der Waals surface area contributed by atoms with E-state index in [1.54, 1.807) is 6.92 Å². The summed E-state index contributed by atoms with van der Waals surface area (Å²) in [5.41, 5.74) is 1.01. The summed E-state index contributed by atoms with van der Waals surface area (Å²) in [5.74, 6) is 0. The first kappa shape index (κ1) is 13.2. The van der Waals surface area contributed by atoms with Gasteiger partial charge in [-0.15, -0.1) is 0 Å². The standard InChI is InChI=1S/C7H9.C2H5.3CHO.W/c1-2-7-5-3-4-6-7;4*1-2;/h3,5H,2,4H2,1H3;1H2,2H3;3*1H;. The second-order valence-electron chi connectivity index (χ2n) is 3.89. The van der Waals surface area contributed by atoms with E-state index in [9.17, 15) is 14.4 Å². The van der Waals surface area contributed by atoms with Crippen LogP contribution in [0.4, 0.5) is 0 Å². The SMILES string of the molecule is CCC1=[C]([W]([CH]=O)([CH]=O)([CH]=O)[CH2]C)CC=C1. The number of hydrogen-bond donors (Lipinski definition) is 0. The van der Waals surface area contributed by atoms with E-state index in [2.05, 4.69) is 0 Å². The van der Waals surface area contributed by atoms with Crippen molar-refractivity contribution < 1.29 is 29.2 Å². The summed E-state index contributed by atoms with van der Waals surface area (Å²) >= 11 is -4.57. The van der Waals surface area contributed by atoms with Gasteiger partial charge in [0, 0.05) is 0 Å². The Morgan fingerprint density at radius 1 is 1.19 bits per heavy atom. The van der Waals surface area contributed by atoms with Crippen LogP contribution in [0.3, 0.4) is 0 Å². The Hall–Kier alpha value is -0.822. The summed E-state index contributed by atoms with van der Waals surface area (Å²) in [6.45, 7) is 3.76. The Morgan fingerprint density at radius 3 is 2.12 bits per heavy atom. The minimum absolute atomic E-state index is 0.386. The maximum absolute atomic E-state index is 11.5. The molecule has 3 nitrogen and oxygen atoms in total. The summed E-state index contributed by atoms with van der Waals surface area (Å²) < 4.78 is 2.97. The van der Waals surface area contributed by atoms with Crippen molar-refractivity contribution in [2.75, 3.05) is 0 Å². The van der Waals surface area contributed by atoms with Gasteiger partial charge < -0.3 is 0 Å². The summed E-state index contributed by atoms with van der Waals surface area (Å²) in [5, 5.41) is 0. The van der Waals surface area contributed by atoms with Crippen molar-refractivity contribution in [3.8, 4) is 0 Å². The van der Waals surface area contributed by atoms with E-state index in [0.29, 0.717) is 25.3 Å². The third kappa shape index (κ3) is 1.58. The van der Waals surface area contributed by atoms with Crippen molar-refractivity contribution in [1.82, 2.24) is 0 Å². The fourth-order valence-corrected chi connectivity index (χ4v) is 11.3. The van der Waals surface area contributed by atoms with E-state index < -0.39 is 14.8 Å². The Kier molecular flexibility index (Phi) is 3.79. The molecule has 1 aliphatic rings. The summed E-state index contributed by atoms with van der Waals surface area (Å²) in [4.78, 5) is 34.8. The van der Waals surface area contributed by atoms with Crippen LogP contribution in [0.1, 0.15) is 26.7 Å². The molecule has 0 aromatic heterocycles. The second-order valence-corrected chi connectivity index (χ2v) is 19.9. The zero-order chi connectivity index (χ0) is 12.3. The molecule has 89 valence electrons. The number of carbonyl (C=O) groups excluding carboxylic acids is 3. The van der Waals surface area contributed by atoms with Gasteiger partial charge in [0.15, 0.2) is 0 Å². The summed E-state index contributed by atoms with van der Waals surface area (Å²) in [7, 11) is 0. The molecular weight excluding hydrogens is 376 g/mol. The molecule has 0 heterocycles. The zero-order valence-electron chi connectivity index (χ0n) is 9.64. The molecule has 16 heavy (non-hydrogen) atoms. The van der Waals surface area contributed by atoms with Gasteiger partial charge in [0.2, 0.25) is 0 Å². The average Bonchev–Trinajstić information content (AvgIpc) is 2.83. The van der Waals surface area contributed by atoms with Gasteiger partial charge in [-0.2, -0.15) is 0 Å². The van der Waals surface area contributed by atoms with Crippen LogP contribution in [0.15, 0.2) is 21.7 Å². The molecule has 0 bridgehead atoms. The molecule has 0 aromatic carbocycles. The fourth-order valence-electron chi connectivity index (χ4n) is 1.99. The third-order valence-corrected chi connectivity index (χ3v) is 18.7. The van der Waals surface area contributed by atoms with Crippen molar-refractivity contribution in [3.63, 3.8) is 0 Å². The monoisotopic (exact) mass is 393 g/mol. The second kappa shape index (κ2) is 4.58. The van der Waals surface area contributed by atoms with E-state index >= 15 is 0 Å². The minimum atomic E-state index is -4.57. The van der Waals surface area contributed by atoms with E-state index in [1.165, 1.54) is 0 Å². The Bertz CT molecular complexity index is 369. The number of hydrogen-bond acceptors (Lipinski definition) is 3. The number of allylic oxidation sites excluding steroid dienone is 4. The normalized spacial score (nSPS) is 18.0. The van der Waals surface area contributed by atoms with Crippen molar-refractivity contribution in [2.45, 2.75) is 31.5 Å². The van der Waals surface area contributed by atoms with Crippen LogP contribution in [0, 0.1) is 0 Å². The van der Waals surface area contributed by atoms with Gasteiger partial charge in [-0.1, -0.05) is 0 Å². The molecule has 0 aliphatic heterocycles. The van der Waals surface area contributed by atoms with Crippen LogP contribution in [0.5, 0.6) is 0 Å². The van der Waals surface area contributed by atoms with Crippen LogP contribution in [-0.2, 0) is 29.2 Å². The van der Waals surface area contributed by atoms with Gasteiger partial charge in [0.25, 0.3) is 0 Å². The topological polar surface area (TPSA) is 51.2 Å². The molecule has 0 unspecified atom stereocenters. The predicted molar refractivity (Wildman–Crippen MR) is 61.8 cm³/mol. The van der Waals surface area contributed by atoms with Gasteiger partial charge in [-0.05, 0) is 0 Å². The molecular formula is C12H17O3W. The first-order valence-corrected chi connectivity index (χ1v) is 13.9.